The van der Waals surface area contributed by atoms with E-state index >= 15 is 0 Å². The van der Waals surface area contributed by atoms with Crippen molar-refractivity contribution in [1.82, 2.24) is 5.01 Å². The molecule has 0 radical (unpaired) electrons. The Labute approximate surface area is 130 Å². The molecule has 1 aliphatic rings. The van der Waals surface area contributed by atoms with Crippen molar-refractivity contribution < 1.29 is 9.53 Å². The topological polar surface area (TPSA) is 41.9 Å². The second kappa shape index (κ2) is 6.02. The van der Waals surface area contributed by atoms with Crippen molar-refractivity contribution in [3.63, 3.8) is 0 Å². The van der Waals surface area contributed by atoms with Gasteiger partial charge < -0.3 is 4.74 Å². The Morgan fingerprint density at radius 1 is 1.14 bits per heavy atom. The Balaban J connectivity index is 1.98. The summed E-state index contributed by atoms with van der Waals surface area (Å²) in [7, 11) is 1.64. The molecule has 4 nitrogen and oxygen atoms in total. The van der Waals surface area contributed by atoms with Gasteiger partial charge in [0.1, 0.15) is 5.75 Å². The van der Waals surface area contributed by atoms with Gasteiger partial charge in [0.2, 0.25) is 5.91 Å². The van der Waals surface area contributed by atoms with E-state index in [4.69, 9.17) is 4.74 Å². The number of carbonyl (C=O) groups excluding carboxylic acids is 1. The maximum atomic E-state index is 11.9. The molecule has 0 unspecified atom stereocenters. The van der Waals surface area contributed by atoms with Crippen LogP contribution in [-0.4, -0.2) is 23.7 Å². The normalized spacial score (nSPS) is 17.3. The molecular formula is C18H18N2O2. The summed E-state index contributed by atoms with van der Waals surface area (Å²) in [5.41, 5.74) is 2.91. The van der Waals surface area contributed by atoms with Gasteiger partial charge in [0.15, 0.2) is 0 Å². The molecule has 2 aromatic rings. The fourth-order valence-electron chi connectivity index (χ4n) is 2.78. The minimum Gasteiger partial charge on any atom is -0.496 e. The second-order valence-electron chi connectivity index (χ2n) is 5.24. The molecule has 0 aromatic heterocycles. The molecule has 4 heteroatoms. The lowest BCUT2D eigenvalue weighted by Gasteiger charge is -2.20. The van der Waals surface area contributed by atoms with E-state index in [2.05, 4.69) is 5.10 Å². The standard InChI is InChI=1S/C18H18N2O2/c1-13(21)20-17(14-8-4-3-5-9-14)12-16(19-20)15-10-6-7-11-18(15)22-2/h3-11,17H,12H2,1-2H3/t17-/m1/s1. The molecule has 0 fully saturated rings. The summed E-state index contributed by atoms with van der Waals surface area (Å²) in [6, 6.07) is 17.7. The summed E-state index contributed by atoms with van der Waals surface area (Å²) in [6.07, 6.45) is 0.684. The van der Waals surface area contributed by atoms with Crippen LogP contribution in [0.15, 0.2) is 59.7 Å². The smallest absolute Gasteiger partial charge is 0.240 e. The highest BCUT2D eigenvalue weighted by atomic mass is 16.5. The summed E-state index contributed by atoms with van der Waals surface area (Å²) in [4.78, 5) is 11.9. The first kappa shape index (κ1) is 14.3. The number of ether oxygens (including phenoxy) is 1. The van der Waals surface area contributed by atoms with E-state index in [9.17, 15) is 4.79 Å². The highest BCUT2D eigenvalue weighted by Crippen LogP contribution is 2.34. The largest absolute Gasteiger partial charge is 0.496 e. The quantitative estimate of drug-likeness (QED) is 0.870. The van der Waals surface area contributed by atoms with E-state index in [-0.39, 0.29) is 11.9 Å². The van der Waals surface area contributed by atoms with Crippen LogP contribution in [0.4, 0.5) is 0 Å². The lowest BCUT2D eigenvalue weighted by atomic mass is 9.98. The van der Waals surface area contributed by atoms with Crippen molar-refractivity contribution in [2.24, 2.45) is 5.10 Å². The van der Waals surface area contributed by atoms with Crippen LogP contribution in [0.2, 0.25) is 0 Å². The first-order valence-corrected chi connectivity index (χ1v) is 7.26. The summed E-state index contributed by atoms with van der Waals surface area (Å²) in [5, 5.41) is 6.11. The van der Waals surface area contributed by atoms with E-state index in [1.54, 1.807) is 19.0 Å². The molecule has 0 bridgehead atoms. The van der Waals surface area contributed by atoms with Crippen LogP contribution >= 0.6 is 0 Å². The molecule has 22 heavy (non-hydrogen) atoms. The van der Waals surface area contributed by atoms with Gasteiger partial charge in [-0.3, -0.25) is 4.79 Å². The molecule has 2 aromatic carbocycles. The van der Waals surface area contributed by atoms with Crippen LogP contribution in [0.5, 0.6) is 5.75 Å². The fourth-order valence-corrected chi connectivity index (χ4v) is 2.78. The molecule has 112 valence electrons. The molecule has 0 spiro atoms. The molecule has 1 atom stereocenters. The number of para-hydroxylation sites is 1. The Morgan fingerprint density at radius 3 is 2.50 bits per heavy atom. The highest BCUT2D eigenvalue weighted by Gasteiger charge is 2.32. The van der Waals surface area contributed by atoms with Gasteiger partial charge in [0.05, 0.1) is 18.9 Å². The second-order valence-corrected chi connectivity index (χ2v) is 5.24. The van der Waals surface area contributed by atoms with Crippen LogP contribution in [-0.2, 0) is 4.79 Å². The van der Waals surface area contributed by atoms with Crippen LogP contribution < -0.4 is 4.74 Å². The van der Waals surface area contributed by atoms with Gasteiger partial charge >= 0.3 is 0 Å². The lowest BCUT2D eigenvalue weighted by Crippen LogP contribution is -2.24. The molecule has 3 rings (SSSR count). The van der Waals surface area contributed by atoms with Crippen molar-refractivity contribution in [2.75, 3.05) is 7.11 Å². The van der Waals surface area contributed by atoms with E-state index in [0.717, 1.165) is 22.6 Å². The van der Waals surface area contributed by atoms with Crippen LogP contribution in [0.25, 0.3) is 0 Å². The molecule has 1 amide bonds. The number of rotatable bonds is 3. The van der Waals surface area contributed by atoms with Crippen molar-refractivity contribution >= 4 is 11.6 Å². The zero-order valence-corrected chi connectivity index (χ0v) is 12.7. The van der Waals surface area contributed by atoms with Crippen molar-refractivity contribution in [3.8, 4) is 5.75 Å². The van der Waals surface area contributed by atoms with Gasteiger partial charge in [-0.2, -0.15) is 5.10 Å². The molecule has 0 saturated carbocycles. The van der Waals surface area contributed by atoms with Gasteiger partial charge in [-0.25, -0.2) is 5.01 Å². The number of carbonyl (C=O) groups is 1. The third kappa shape index (κ3) is 2.60. The Kier molecular flexibility index (Phi) is 3.92. The van der Waals surface area contributed by atoms with Gasteiger partial charge in [-0.1, -0.05) is 42.5 Å². The van der Waals surface area contributed by atoms with Gasteiger partial charge in [-0.05, 0) is 17.7 Å². The minimum atomic E-state index is -0.0568. The van der Waals surface area contributed by atoms with Crippen LogP contribution in [0.3, 0.4) is 0 Å². The van der Waals surface area contributed by atoms with Gasteiger partial charge in [0.25, 0.3) is 0 Å². The predicted octanol–water partition coefficient (Wildman–Crippen LogP) is 3.39. The number of nitrogens with zero attached hydrogens (tertiary/aromatic N) is 2. The Bertz CT molecular complexity index is 710. The van der Waals surface area contributed by atoms with E-state index < -0.39 is 0 Å². The Hall–Kier alpha value is -2.62. The zero-order valence-electron chi connectivity index (χ0n) is 12.7. The molecule has 0 N–H and O–H groups in total. The summed E-state index contributed by atoms with van der Waals surface area (Å²) in [5.74, 6) is 0.720. The molecule has 1 aliphatic heterocycles. The van der Waals surface area contributed by atoms with Crippen LogP contribution in [0, 0.1) is 0 Å². The Morgan fingerprint density at radius 2 is 1.82 bits per heavy atom. The summed E-state index contributed by atoms with van der Waals surface area (Å²) < 4.78 is 5.41. The average Bonchev–Trinajstić information content (AvgIpc) is 3.01. The SMILES string of the molecule is COc1ccccc1C1=NN(C(C)=O)[C@@H](c2ccccc2)C1. The van der Waals surface area contributed by atoms with Gasteiger partial charge in [-0.15, -0.1) is 0 Å². The van der Waals surface area contributed by atoms with Gasteiger partial charge in [0, 0.05) is 18.9 Å². The monoisotopic (exact) mass is 294 g/mol. The highest BCUT2D eigenvalue weighted by molar-refractivity contribution is 6.05. The average molecular weight is 294 g/mol. The van der Waals surface area contributed by atoms with Crippen molar-refractivity contribution in [1.29, 1.82) is 0 Å². The first-order chi connectivity index (χ1) is 10.7. The lowest BCUT2D eigenvalue weighted by molar-refractivity contribution is -0.130. The maximum Gasteiger partial charge on any atom is 0.240 e. The van der Waals surface area contributed by atoms with E-state index in [1.165, 1.54) is 0 Å². The maximum absolute atomic E-state index is 11.9. The third-order valence-electron chi connectivity index (χ3n) is 3.84. The number of benzene rings is 2. The van der Waals surface area contributed by atoms with E-state index in [0.29, 0.717) is 6.42 Å². The third-order valence-corrected chi connectivity index (χ3v) is 3.84. The predicted molar refractivity (Wildman–Crippen MR) is 85.9 cm³/mol. The number of amides is 1. The first-order valence-electron chi connectivity index (χ1n) is 7.26. The van der Waals surface area contributed by atoms with Crippen molar-refractivity contribution in [3.05, 3.63) is 65.7 Å². The number of hydrazone groups is 1. The molecule has 0 aliphatic carbocycles. The number of hydrogen-bond donors (Lipinski definition) is 0. The molecule has 1 heterocycles. The molecule has 0 saturated heterocycles. The summed E-state index contributed by atoms with van der Waals surface area (Å²) >= 11 is 0. The van der Waals surface area contributed by atoms with E-state index in [1.807, 2.05) is 54.6 Å². The zero-order chi connectivity index (χ0) is 15.5. The minimum absolute atomic E-state index is 0.0567. The number of methoxy groups -OCH3 is 1. The molecular weight excluding hydrogens is 276 g/mol. The van der Waals surface area contributed by atoms with Crippen molar-refractivity contribution in [2.45, 2.75) is 19.4 Å². The summed E-state index contributed by atoms with van der Waals surface area (Å²) in [6.45, 7) is 1.55. The fraction of sp³-hybridized carbons (Fsp3) is 0.222. The van der Waals surface area contributed by atoms with Crippen LogP contribution in [0.1, 0.15) is 30.5 Å². The number of hydrogen-bond acceptors (Lipinski definition) is 3.